The monoisotopic (exact) mass is 474 g/mol. The van der Waals surface area contributed by atoms with Crippen molar-refractivity contribution in [3.63, 3.8) is 0 Å². The molecule has 0 saturated carbocycles. The minimum absolute atomic E-state index is 0.0428. The maximum atomic E-state index is 13.3. The first kappa shape index (κ1) is 23.8. The SMILES string of the molecule is Cc1ccc(C(=O)CCC(=O)NCc2cccc(S(=O)(=O)NCc3cccc(F)c3)c2)s1. The molecular formula is C23H23FN2O4S2. The van der Waals surface area contributed by atoms with E-state index in [1.54, 1.807) is 24.3 Å². The summed E-state index contributed by atoms with van der Waals surface area (Å²) in [5, 5.41) is 2.71. The Labute approximate surface area is 190 Å². The van der Waals surface area contributed by atoms with E-state index < -0.39 is 15.8 Å². The number of Topliss-reactive ketones (excluding diaryl/α,β-unsaturated/α-hetero) is 1. The summed E-state index contributed by atoms with van der Waals surface area (Å²) in [6.07, 6.45) is 0.174. The van der Waals surface area contributed by atoms with E-state index in [1.165, 1.54) is 41.7 Å². The molecule has 9 heteroatoms. The molecule has 0 spiro atoms. The fourth-order valence-electron chi connectivity index (χ4n) is 2.95. The lowest BCUT2D eigenvalue weighted by Gasteiger charge is -2.10. The van der Waals surface area contributed by atoms with E-state index >= 15 is 0 Å². The van der Waals surface area contributed by atoms with Gasteiger partial charge in [0.25, 0.3) is 0 Å². The highest BCUT2D eigenvalue weighted by Gasteiger charge is 2.15. The first-order valence-electron chi connectivity index (χ1n) is 9.92. The van der Waals surface area contributed by atoms with Crippen LogP contribution in [0.2, 0.25) is 0 Å². The van der Waals surface area contributed by atoms with E-state index in [0.29, 0.717) is 16.0 Å². The van der Waals surface area contributed by atoms with Crippen LogP contribution in [0.1, 0.15) is 38.5 Å². The molecule has 1 amide bonds. The Bertz CT molecular complexity index is 1220. The van der Waals surface area contributed by atoms with Crippen LogP contribution < -0.4 is 10.0 Å². The Morgan fingerprint density at radius 2 is 1.66 bits per heavy atom. The Kier molecular flexibility index (Phi) is 7.89. The second-order valence-corrected chi connectivity index (χ2v) is 10.3. The normalized spacial score (nSPS) is 11.3. The zero-order valence-corrected chi connectivity index (χ0v) is 19.1. The molecule has 0 atom stereocenters. The van der Waals surface area contributed by atoms with Crippen molar-refractivity contribution in [2.75, 3.05) is 0 Å². The number of aryl methyl sites for hydroxylation is 1. The summed E-state index contributed by atoms with van der Waals surface area (Å²) in [5.41, 5.74) is 1.11. The van der Waals surface area contributed by atoms with Crippen molar-refractivity contribution in [1.29, 1.82) is 0 Å². The number of ketones is 1. The summed E-state index contributed by atoms with van der Waals surface area (Å²) in [7, 11) is -3.81. The van der Waals surface area contributed by atoms with Crippen LogP contribution in [0.15, 0.2) is 65.6 Å². The zero-order chi connectivity index (χ0) is 23.1. The number of carbonyl (C=O) groups excluding carboxylic acids is 2. The van der Waals surface area contributed by atoms with Crippen LogP contribution in [-0.4, -0.2) is 20.1 Å². The smallest absolute Gasteiger partial charge is 0.240 e. The topological polar surface area (TPSA) is 92.3 Å². The van der Waals surface area contributed by atoms with Crippen molar-refractivity contribution in [3.05, 3.63) is 87.4 Å². The van der Waals surface area contributed by atoms with Gasteiger partial charge in [0.2, 0.25) is 15.9 Å². The van der Waals surface area contributed by atoms with Gasteiger partial charge in [0.05, 0.1) is 9.77 Å². The van der Waals surface area contributed by atoms with Crippen molar-refractivity contribution in [1.82, 2.24) is 10.0 Å². The molecule has 0 aliphatic heterocycles. The number of thiophene rings is 1. The van der Waals surface area contributed by atoms with Crippen LogP contribution in [-0.2, 0) is 27.9 Å². The number of nitrogens with one attached hydrogen (secondary N) is 2. The average molecular weight is 475 g/mol. The number of rotatable bonds is 10. The lowest BCUT2D eigenvalue weighted by molar-refractivity contribution is -0.121. The average Bonchev–Trinajstić information content (AvgIpc) is 3.21. The van der Waals surface area contributed by atoms with Gasteiger partial charge >= 0.3 is 0 Å². The lowest BCUT2D eigenvalue weighted by Crippen LogP contribution is -2.25. The molecule has 0 unspecified atom stereocenters. The van der Waals surface area contributed by atoms with Crippen molar-refractivity contribution >= 4 is 33.1 Å². The molecule has 2 N–H and O–H groups in total. The van der Waals surface area contributed by atoms with Crippen molar-refractivity contribution < 1.29 is 22.4 Å². The third-order valence-corrected chi connectivity index (χ3v) is 7.09. The first-order chi connectivity index (χ1) is 15.2. The Morgan fingerprint density at radius 1 is 0.938 bits per heavy atom. The van der Waals surface area contributed by atoms with Gasteiger partial charge in [-0.3, -0.25) is 9.59 Å². The molecule has 32 heavy (non-hydrogen) atoms. The zero-order valence-electron chi connectivity index (χ0n) is 17.4. The molecule has 0 bridgehead atoms. The van der Waals surface area contributed by atoms with Crippen LogP contribution >= 0.6 is 11.3 Å². The van der Waals surface area contributed by atoms with Crippen LogP contribution in [0.4, 0.5) is 4.39 Å². The molecule has 1 heterocycles. The summed E-state index contributed by atoms with van der Waals surface area (Å²) >= 11 is 1.40. The van der Waals surface area contributed by atoms with E-state index in [0.717, 1.165) is 4.88 Å². The number of hydrogen-bond acceptors (Lipinski definition) is 5. The fraction of sp³-hybridized carbons (Fsp3) is 0.217. The van der Waals surface area contributed by atoms with Gasteiger partial charge < -0.3 is 5.32 Å². The molecule has 0 aliphatic rings. The largest absolute Gasteiger partial charge is 0.352 e. The third-order valence-electron chi connectivity index (χ3n) is 4.65. The summed E-state index contributed by atoms with van der Waals surface area (Å²) < 4.78 is 40.8. The second-order valence-electron chi connectivity index (χ2n) is 7.21. The maximum absolute atomic E-state index is 13.3. The van der Waals surface area contributed by atoms with Gasteiger partial charge in [0.1, 0.15) is 5.82 Å². The molecule has 168 valence electrons. The number of carbonyl (C=O) groups is 2. The van der Waals surface area contributed by atoms with Crippen LogP contribution in [0.25, 0.3) is 0 Å². The Morgan fingerprint density at radius 3 is 2.34 bits per heavy atom. The molecule has 0 saturated heterocycles. The van der Waals surface area contributed by atoms with Crippen LogP contribution in [0.3, 0.4) is 0 Å². The molecule has 1 aromatic heterocycles. The van der Waals surface area contributed by atoms with Gasteiger partial charge in [-0.25, -0.2) is 17.5 Å². The predicted octanol–water partition coefficient (Wildman–Crippen LogP) is 3.95. The fourth-order valence-corrected chi connectivity index (χ4v) is 4.88. The Hall–Kier alpha value is -2.88. The van der Waals surface area contributed by atoms with Gasteiger partial charge in [-0.2, -0.15) is 0 Å². The van der Waals surface area contributed by atoms with Gasteiger partial charge in [-0.05, 0) is 54.4 Å². The quantitative estimate of drug-likeness (QED) is 0.435. The maximum Gasteiger partial charge on any atom is 0.240 e. The summed E-state index contributed by atoms with van der Waals surface area (Å²) in [5.74, 6) is -0.800. The highest BCUT2D eigenvalue weighted by molar-refractivity contribution is 7.89. The van der Waals surface area contributed by atoms with Crippen LogP contribution in [0.5, 0.6) is 0 Å². The van der Waals surface area contributed by atoms with Gasteiger partial charge in [0, 0.05) is 30.8 Å². The summed E-state index contributed by atoms with van der Waals surface area (Å²) in [4.78, 5) is 25.9. The number of amides is 1. The molecular weight excluding hydrogens is 451 g/mol. The van der Waals surface area contributed by atoms with Crippen LogP contribution in [0, 0.1) is 12.7 Å². The molecule has 2 aromatic carbocycles. The number of hydrogen-bond donors (Lipinski definition) is 2. The molecule has 0 fully saturated rings. The number of benzene rings is 2. The Balaban J connectivity index is 1.52. The highest BCUT2D eigenvalue weighted by atomic mass is 32.2. The minimum atomic E-state index is -3.81. The molecule has 3 rings (SSSR count). The second kappa shape index (κ2) is 10.6. The van der Waals surface area contributed by atoms with Crippen molar-refractivity contribution in [2.24, 2.45) is 0 Å². The van der Waals surface area contributed by atoms with Gasteiger partial charge in [-0.15, -0.1) is 11.3 Å². The van der Waals surface area contributed by atoms with Gasteiger partial charge in [-0.1, -0.05) is 24.3 Å². The third kappa shape index (κ3) is 6.81. The molecule has 3 aromatic rings. The summed E-state index contributed by atoms with van der Waals surface area (Å²) in [6.45, 7) is 2.01. The molecule has 0 radical (unpaired) electrons. The standard InChI is InChI=1S/C23H23FN2O4S2/c1-16-8-10-22(31-16)21(27)9-11-23(28)25-14-18-5-3-7-20(13-18)32(29,30)26-15-17-4-2-6-19(24)12-17/h2-8,10,12-13,26H,9,11,14-15H2,1H3,(H,25,28). The number of sulfonamides is 1. The lowest BCUT2D eigenvalue weighted by atomic mass is 10.2. The van der Waals surface area contributed by atoms with Gasteiger partial charge in [0.15, 0.2) is 5.78 Å². The van der Waals surface area contributed by atoms with E-state index in [9.17, 15) is 22.4 Å². The number of halogens is 1. The molecule has 6 nitrogen and oxygen atoms in total. The van der Waals surface area contributed by atoms with E-state index in [4.69, 9.17) is 0 Å². The highest BCUT2D eigenvalue weighted by Crippen LogP contribution is 2.17. The first-order valence-corrected chi connectivity index (χ1v) is 12.2. The van der Waals surface area contributed by atoms with E-state index in [-0.39, 0.29) is 42.5 Å². The van der Waals surface area contributed by atoms with E-state index in [1.807, 2.05) is 13.0 Å². The van der Waals surface area contributed by atoms with E-state index in [2.05, 4.69) is 10.0 Å². The van der Waals surface area contributed by atoms with Crippen molar-refractivity contribution in [3.8, 4) is 0 Å². The molecule has 0 aliphatic carbocycles. The predicted molar refractivity (Wildman–Crippen MR) is 121 cm³/mol. The van der Waals surface area contributed by atoms with Crippen molar-refractivity contribution in [2.45, 2.75) is 37.8 Å². The minimum Gasteiger partial charge on any atom is -0.352 e. The summed E-state index contributed by atoms with van der Waals surface area (Å²) in [6, 6.07) is 15.5.